The van der Waals surface area contributed by atoms with Crippen LogP contribution in [-0.4, -0.2) is 14.6 Å². The first-order valence-corrected chi connectivity index (χ1v) is 13.0. The van der Waals surface area contributed by atoms with Gasteiger partial charge in [-0.25, -0.2) is 0 Å². The number of hydrogen-bond donors (Lipinski definition) is 0. The molecule has 170 valence electrons. The van der Waals surface area contributed by atoms with Crippen molar-refractivity contribution < 1.29 is 0 Å². The SMILES string of the molecule is Ic1ccc(-c2nnc3c4ccccc4c4cc(-c5ccccc5-c5ccccc5)ccc4n23)cc1. The van der Waals surface area contributed by atoms with Gasteiger partial charge in [0.05, 0.1) is 5.52 Å². The highest BCUT2D eigenvalue weighted by molar-refractivity contribution is 14.1. The van der Waals surface area contributed by atoms with E-state index in [9.17, 15) is 0 Å². The van der Waals surface area contributed by atoms with Crippen molar-refractivity contribution in [3.8, 4) is 33.6 Å². The molecule has 0 radical (unpaired) electrons. The summed E-state index contributed by atoms with van der Waals surface area (Å²) < 4.78 is 3.40. The predicted molar refractivity (Wildman–Crippen MR) is 157 cm³/mol. The van der Waals surface area contributed by atoms with Gasteiger partial charge in [-0.05, 0) is 74.5 Å². The second kappa shape index (κ2) is 8.57. The zero-order valence-corrected chi connectivity index (χ0v) is 21.4. The van der Waals surface area contributed by atoms with Crippen molar-refractivity contribution in [1.82, 2.24) is 14.6 Å². The molecule has 2 heterocycles. The van der Waals surface area contributed by atoms with Crippen LogP contribution in [0.4, 0.5) is 0 Å². The summed E-state index contributed by atoms with van der Waals surface area (Å²) in [7, 11) is 0. The molecule has 0 spiro atoms. The Bertz CT molecular complexity index is 1890. The fraction of sp³-hybridized carbons (Fsp3) is 0. The molecule has 3 nitrogen and oxygen atoms in total. The Morgan fingerprint density at radius 3 is 1.92 bits per heavy atom. The third-order valence-electron chi connectivity index (χ3n) is 6.78. The number of aromatic nitrogens is 3. The second-order valence-corrected chi connectivity index (χ2v) is 10.1. The summed E-state index contributed by atoms with van der Waals surface area (Å²) in [6.45, 7) is 0. The van der Waals surface area contributed by atoms with Gasteiger partial charge in [-0.3, -0.25) is 4.40 Å². The van der Waals surface area contributed by atoms with Crippen molar-refractivity contribution in [3.05, 3.63) is 125 Å². The van der Waals surface area contributed by atoms with E-state index in [2.05, 4.69) is 159 Å². The van der Waals surface area contributed by atoms with Crippen LogP contribution in [0.2, 0.25) is 0 Å². The molecule has 4 heteroatoms. The van der Waals surface area contributed by atoms with E-state index in [1.807, 2.05) is 0 Å². The van der Waals surface area contributed by atoms with Crippen molar-refractivity contribution in [2.24, 2.45) is 0 Å². The molecule has 0 aliphatic heterocycles. The Kier molecular flexibility index (Phi) is 5.06. The van der Waals surface area contributed by atoms with Crippen LogP contribution >= 0.6 is 22.6 Å². The van der Waals surface area contributed by atoms with Gasteiger partial charge >= 0.3 is 0 Å². The molecule has 0 bridgehead atoms. The number of halogens is 1. The van der Waals surface area contributed by atoms with Crippen molar-refractivity contribution in [3.63, 3.8) is 0 Å². The minimum atomic E-state index is 0.856. The molecule has 0 saturated heterocycles. The van der Waals surface area contributed by atoms with Gasteiger partial charge in [0, 0.05) is 19.9 Å². The zero-order valence-electron chi connectivity index (χ0n) is 19.3. The smallest absolute Gasteiger partial charge is 0.169 e. The molecule has 2 aromatic heterocycles. The molecule has 7 aromatic rings. The van der Waals surface area contributed by atoms with E-state index in [-0.39, 0.29) is 0 Å². The summed E-state index contributed by atoms with van der Waals surface area (Å²) in [6, 6.07) is 42.9. The first-order chi connectivity index (χ1) is 17.8. The largest absolute Gasteiger partial charge is 0.274 e. The van der Waals surface area contributed by atoms with E-state index in [1.165, 1.54) is 36.6 Å². The quantitative estimate of drug-likeness (QED) is 0.157. The van der Waals surface area contributed by atoms with Crippen LogP contribution in [0.5, 0.6) is 0 Å². The first kappa shape index (κ1) is 21.3. The monoisotopic (exact) mass is 573 g/mol. The minimum Gasteiger partial charge on any atom is -0.274 e. The van der Waals surface area contributed by atoms with Gasteiger partial charge in [0.2, 0.25) is 0 Å². The Morgan fingerprint density at radius 2 is 1.14 bits per heavy atom. The number of pyridine rings is 1. The summed E-state index contributed by atoms with van der Waals surface area (Å²) in [5.41, 5.74) is 7.89. The van der Waals surface area contributed by atoms with Crippen molar-refractivity contribution in [2.45, 2.75) is 0 Å². The van der Waals surface area contributed by atoms with Crippen LogP contribution in [0.25, 0.3) is 61.0 Å². The van der Waals surface area contributed by atoms with Crippen LogP contribution in [0, 0.1) is 3.57 Å². The zero-order chi connectivity index (χ0) is 24.1. The highest BCUT2D eigenvalue weighted by Gasteiger charge is 2.17. The maximum Gasteiger partial charge on any atom is 0.169 e. The average Bonchev–Trinajstić information content (AvgIpc) is 3.39. The second-order valence-electron chi connectivity index (χ2n) is 8.88. The lowest BCUT2D eigenvalue weighted by atomic mass is 9.93. The van der Waals surface area contributed by atoms with Gasteiger partial charge in [-0.15, -0.1) is 10.2 Å². The third kappa shape index (κ3) is 3.40. The van der Waals surface area contributed by atoms with E-state index in [4.69, 9.17) is 0 Å². The molecule has 0 N–H and O–H groups in total. The summed E-state index contributed by atoms with van der Waals surface area (Å²) in [5, 5.41) is 12.7. The lowest BCUT2D eigenvalue weighted by Crippen LogP contribution is -1.95. The fourth-order valence-electron chi connectivity index (χ4n) is 5.10. The number of hydrogen-bond acceptors (Lipinski definition) is 2. The van der Waals surface area contributed by atoms with Gasteiger partial charge < -0.3 is 0 Å². The van der Waals surface area contributed by atoms with Crippen LogP contribution in [-0.2, 0) is 0 Å². The van der Waals surface area contributed by atoms with Crippen LogP contribution in [0.3, 0.4) is 0 Å². The van der Waals surface area contributed by atoms with Crippen LogP contribution in [0.1, 0.15) is 0 Å². The molecular formula is C32H20IN3. The highest BCUT2D eigenvalue weighted by Crippen LogP contribution is 2.37. The maximum atomic E-state index is 4.64. The summed E-state index contributed by atoms with van der Waals surface area (Å²) in [5.74, 6) is 0.856. The average molecular weight is 573 g/mol. The van der Waals surface area contributed by atoms with Gasteiger partial charge in [0.15, 0.2) is 11.5 Å². The van der Waals surface area contributed by atoms with E-state index in [1.54, 1.807) is 0 Å². The van der Waals surface area contributed by atoms with Gasteiger partial charge in [0.1, 0.15) is 0 Å². The first-order valence-electron chi connectivity index (χ1n) is 11.9. The standard InChI is InChI=1S/C32H20IN3/c33-24-17-14-22(15-18-24)31-34-35-32-28-13-7-6-12-27(28)29-20-23(16-19-30(29)36(31)32)26-11-5-4-10-25(26)21-8-2-1-3-9-21/h1-20H. The van der Waals surface area contributed by atoms with E-state index in [0.29, 0.717) is 0 Å². The Morgan fingerprint density at radius 1 is 0.500 bits per heavy atom. The van der Waals surface area contributed by atoms with Crippen LogP contribution < -0.4 is 0 Å². The van der Waals surface area contributed by atoms with E-state index < -0.39 is 0 Å². The minimum absolute atomic E-state index is 0.856. The Labute approximate surface area is 222 Å². The molecule has 0 atom stereocenters. The topological polar surface area (TPSA) is 30.2 Å². The lowest BCUT2D eigenvalue weighted by molar-refractivity contribution is 1.12. The highest BCUT2D eigenvalue weighted by atomic mass is 127. The molecular weight excluding hydrogens is 553 g/mol. The summed E-state index contributed by atoms with van der Waals surface area (Å²) >= 11 is 2.33. The number of fused-ring (bicyclic) bond motifs is 6. The van der Waals surface area contributed by atoms with Crippen molar-refractivity contribution in [2.75, 3.05) is 0 Å². The predicted octanol–water partition coefficient (Wildman–Crippen LogP) is 8.64. The Hall–Kier alpha value is -4.03. The van der Waals surface area contributed by atoms with Crippen LogP contribution in [0.15, 0.2) is 121 Å². The van der Waals surface area contributed by atoms with Crippen molar-refractivity contribution in [1.29, 1.82) is 0 Å². The van der Waals surface area contributed by atoms with Gasteiger partial charge in [-0.2, -0.15) is 0 Å². The molecule has 7 rings (SSSR count). The molecule has 0 amide bonds. The molecule has 0 saturated carbocycles. The Balaban J connectivity index is 1.54. The van der Waals surface area contributed by atoms with Crippen molar-refractivity contribution >= 4 is 49.9 Å². The number of nitrogens with zero attached hydrogens (tertiary/aromatic N) is 3. The summed E-state index contributed by atoms with van der Waals surface area (Å²) in [6.07, 6.45) is 0. The number of benzene rings is 5. The molecule has 0 fully saturated rings. The molecule has 36 heavy (non-hydrogen) atoms. The van der Waals surface area contributed by atoms with E-state index >= 15 is 0 Å². The van der Waals surface area contributed by atoms with Gasteiger partial charge in [-0.1, -0.05) is 97.1 Å². The molecule has 0 aliphatic rings. The maximum absolute atomic E-state index is 4.64. The fourth-order valence-corrected chi connectivity index (χ4v) is 5.46. The molecule has 0 aliphatic carbocycles. The van der Waals surface area contributed by atoms with Gasteiger partial charge in [0.25, 0.3) is 0 Å². The lowest BCUT2D eigenvalue weighted by Gasteiger charge is -2.14. The number of rotatable bonds is 3. The molecule has 5 aromatic carbocycles. The summed E-state index contributed by atoms with van der Waals surface area (Å²) in [4.78, 5) is 0. The molecule has 0 unspecified atom stereocenters. The van der Waals surface area contributed by atoms with E-state index in [0.717, 1.165) is 27.9 Å². The third-order valence-corrected chi connectivity index (χ3v) is 7.50. The normalized spacial score (nSPS) is 11.5.